The Morgan fingerprint density at radius 1 is 1.16 bits per heavy atom. The number of methoxy groups -OCH3 is 1. The van der Waals surface area contributed by atoms with Crippen LogP contribution in [0.2, 0.25) is 0 Å². The van der Waals surface area contributed by atoms with Crippen molar-refractivity contribution >= 4 is 43.6 Å². The monoisotopic (exact) mass is 493 g/mol. The van der Waals surface area contributed by atoms with E-state index in [0.29, 0.717) is 29.1 Å². The van der Waals surface area contributed by atoms with Crippen molar-refractivity contribution in [2.45, 2.75) is 18.9 Å². The molecule has 3 aliphatic rings. The SMILES string of the molecule is COc1cc2[nH]c(=O)c(-c3nc4ccccc4[nH]3)c(N[C@H]3CN4CCC3CC4)c2cc1Br. The topological polar surface area (TPSA) is 86.0 Å². The maximum absolute atomic E-state index is 13.4. The van der Waals surface area contributed by atoms with Gasteiger partial charge in [0.05, 0.1) is 33.8 Å². The second kappa shape index (κ2) is 7.64. The van der Waals surface area contributed by atoms with E-state index >= 15 is 0 Å². The van der Waals surface area contributed by atoms with Gasteiger partial charge in [-0.25, -0.2) is 4.98 Å². The Morgan fingerprint density at radius 3 is 2.69 bits per heavy atom. The van der Waals surface area contributed by atoms with Gasteiger partial charge in [0.2, 0.25) is 0 Å². The Kier molecular flexibility index (Phi) is 4.73. The summed E-state index contributed by atoms with van der Waals surface area (Å²) in [6, 6.07) is 12.0. The van der Waals surface area contributed by atoms with Crippen LogP contribution in [-0.4, -0.2) is 52.6 Å². The maximum Gasteiger partial charge on any atom is 0.261 e. The highest BCUT2D eigenvalue weighted by Crippen LogP contribution is 2.38. The number of anilines is 1. The lowest BCUT2D eigenvalue weighted by atomic mass is 9.83. The molecule has 0 saturated carbocycles. The van der Waals surface area contributed by atoms with Crippen molar-refractivity contribution in [3.05, 3.63) is 51.2 Å². The lowest BCUT2D eigenvalue weighted by molar-refractivity contribution is 0.0976. The molecule has 2 aromatic carbocycles. The Balaban J connectivity index is 1.57. The molecule has 3 N–H and O–H groups in total. The average Bonchev–Trinajstić information content (AvgIpc) is 3.23. The fraction of sp³-hybridized carbons (Fsp3) is 0.333. The number of hydrogen-bond acceptors (Lipinski definition) is 5. The van der Waals surface area contributed by atoms with Gasteiger partial charge in [-0.3, -0.25) is 4.79 Å². The van der Waals surface area contributed by atoms with Crippen LogP contribution in [0.1, 0.15) is 12.8 Å². The minimum Gasteiger partial charge on any atom is -0.495 e. The second-order valence-electron chi connectivity index (χ2n) is 8.73. The number of benzene rings is 2. The number of halogens is 1. The van der Waals surface area contributed by atoms with Gasteiger partial charge in [0.25, 0.3) is 5.56 Å². The molecule has 7 rings (SSSR count). The van der Waals surface area contributed by atoms with Gasteiger partial charge < -0.3 is 24.9 Å². The zero-order valence-electron chi connectivity index (χ0n) is 17.7. The Morgan fingerprint density at radius 2 is 1.97 bits per heavy atom. The summed E-state index contributed by atoms with van der Waals surface area (Å²) in [5.74, 6) is 1.86. The number of nitrogens with one attached hydrogen (secondary N) is 3. The van der Waals surface area contributed by atoms with E-state index in [0.717, 1.165) is 51.7 Å². The smallest absolute Gasteiger partial charge is 0.261 e. The molecule has 0 aliphatic carbocycles. The van der Waals surface area contributed by atoms with Crippen LogP contribution in [0.25, 0.3) is 33.3 Å². The molecule has 2 bridgehead atoms. The third-order valence-electron chi connectivity index (χ3n) is 6.90. The summed E-state index contributed by atoms with van der Waals surface area (Å²) >= 11 is 3.62. The van der Waals surface area contributed by atoms with E-state index in [1.54, 1.807) is 7.11 Å². The second-order valence-corrected chi connectivity index (χ2v) is 9.58. The van der Waals surface area contributed by atoms with E-state index in [9.17, 15) is 4.79 Å². The van der Waals surface area contributed by atoms with E-state index in [4.69, 9.17) is 9.72 Å². The minimum absolute atomic E-state index is 0.176. The largest absolute Gasteiger partial charge is 0.495 e. The van der Waals surface area contributed by atoms with Gasteiger partial charge in [0.1, 0.15) is 17.1 Å². The van der Waals surface area contributed by atoms with E-state index in [1.165, 1.54) is 12.8 Å². The summed E-state index contributed by atoms with van der Waals surface area (Å²) in [7, 11) is 1.62. The number of aromatic nitrogens is 3. The van der Waals surface area contributed by atoms with Gasteiger partial charge in [0, 0.05) is 24.0 Å². The number of imidazole rings is 1. The Labute approximate surface area is 193 Å². The highest BCUT2D eigenvalue weighted by Gasteiger charge is 2.35. The molecule has 4 aromatic rings. The molecule has 2 aromatic heterocycles. The zero-order valence-corrected chi connectivity index (χ0v) is 19.3. The zero-order chi connectivity index (χ0) is 21.8. The molecule has 1 atom stereocenters. The third kappa shape index (κ3) is 3.20. The maximum atomic E-state index is 13.4. The predicted octanol–water partition coefficient (Wildman–Crippen LogP) is 4.35. The molecule has 164 valence electrons. The molecule has 8 heteroatoms. The minimum atomic E-state index is -0.176. The summed E-state index contributed by atoms with van der Waals surface area (Å²) in [4.78, 5) is 27.0. The molecule has 0 unspecified atom stereocenters. The number of aromatic amines is 2. The number of H-pyrrole nitrogens is 2. The molecule has 0 radical (unpaired) electrons. The number of nitrogens with zero attached hydrogens (tertiary/aromatic N) is 2. The normalized spacial score (nSPS) is 22.5. The van der Waals surface area contributed by atoms with E-state index in [1.807, 2.05) is 36.4 Å². The van der Waals surface area contributed by atoms with Crippen molar-refractivity contribution in [1.29, 1.82) is 0 Å². The first-order chi connectivity index (χ1) is 15.6. The number of fused-ring (bicyclic) bond motifs is 5. The third-order valence-corrected chi connectivity index (χ3v) is 7.52. The van der Waals surface area contributed by atoms with Gasteiger partial charge in [-0.05, 0) is 66.0 Å². The van der Waals surface area contributed by atoms with Crippen molar-refractivity contribution in [3.63, 3.8) is 0 Å². The van der Waals surface area contributed by atoms with Crippen molar-refractivity contribution < 1.29 is 4.74 Å². The number of pyridine rings is 1. The Bertz CT molecular complexity index is 1350. The summed E-state index contributed by atoms with van der Waals surface area (Å²) in [5.41, 5.74) is 3.67. The first kappa shape index (κ1) is 19.8. The Hall–Kier alpha value is -2.84. The highest BCUT2D eigenvalue weighted by atomic mass is 79.9. The fourth-order valence-electron chi connectivity index (χ4n) is 5.21. The first-order valence-electron chi connectivity index (χ1n) is 11.0. The molecule has 5 heterocycles. The summed E-state index contributed by atoms with van der Waals surface area (Å²) in [6.45, 7) is 3.33. The number of ether oxygens (including phenoxy) is 1. The van der Waals surface area contributed by atoms with Crippen molar-refractivity contribution in [2.75, 3.05) is 32.1 Å². The number of hydrogen-bond donors (Lipinski definition) is 3. The molecule has 0 spiro atoms. The molecule has 3 fully saturated rings. The van der Waals surface area contributed by atoms with Gasteiger partial charge in [0.15, 0.2) is 0 Å². The van der Waals surface area contributed by atoms with E-state index < -0.39 is 0 Å². The van der Waals surface area contributed by atoms with Gasteiger partial charge >= 0.3 is 0 Å². The van der Waals surface area contributed by atoms with Gasteiger partial charge in [-0.15, -0.1) is 0 Å². The molecular weight excluding hydrogens is 470 g/mol. The molecule has 3 aliphatic heterocycles. The predicted molar refractivity (Wildman–Crippen MR) is 130 cm³/mol. The van der Waals surface area contributed by atoms with E-state index in [-0.39, 0.29) is 5.56 Å². The average molecular weight is 494 g/mol. The fourth-order valence-corrected chi connectivity index (χ4v) is 5.72. The molecule has 0 amide bonds. The summed E-state index contributed by atoms with van der Waals surface area (Å²) in [6.07, 6.45) is 2.38. The first-order valence-corrected chi connectivity index (χ1v) is 11.8. The summed E-state index contributed by atoms with van der Waals surface area (Å²) < 4.78 is 6.30. The number of piperidine rings is 3. The van der Waals surface area contributed by atoms with E-state index in [2.05, 4.69) is 36.1 Å². The van der Waals surface area contributed by atoms with Crippen LogP contribution in [0.3, 0.4) is 0 Å². The van der Waals surface area contributed by atoms with Crippen LogP contribution in [0.15, 0.2) is 45.7 Å². The number of rotatable bonds is 4. The van der Waals surface area contributed by atoms with Crippen LogP contribution in [0, 0.1) is 5.92 Å². The standard InChI is InChI=1S/C24H24BrN5O2/c1-32-20-11-18-14(10-15(20)25)22(26-19-12-30-8-6-13(19)7-9-30)21(24(31)29-18)23-27-16-4-2-3-5-17(16)28-23/h2-5,10-11,13,19H,6-9,12H2,1H3,(H,27,28)(H2,26,29,31)/t19-/m0/s1. The lowest BCUT2D eigenvalue weighted by Crippen LogP contribution is -2.53. The van der Waals surface area contributed by atoms with Crippen LogP contribution in [0.4, 0.5) is 5.69 Å². The molecule has 7 nitrogen and oxygen atoms in total. The molecular formula is C24H24BrN5O2. The van der Waals surface area contributed by atoms with Crippen molar-refractivity contribution in [1.82, 2.24) is 19.9 Å². The van der Waals surface area contributed by atoms with Crippen LogP contribution < -0.4 is 15.6 Å². The van der Waals surface area contributed by atoms with Crippen molar-refractivity contribution in [2.24, 2.45) is 5.92 Å². The lowest BCUT2D eigenvalue weighted by Gasteiger charge is -2.45. The molecule has 3 saturated heterocycles. The quantitative estimate of drug-likeness (QED) is 0.393. The summed E-state index contributed by atoms with van der Waals surface area (Å²) in [5, 5.41) is 4.72. The van der Waals surface area contributed by atoms with Crippen LogP contribution >= 0.6 is 15.9 Å². The van der Waals surface area contributed by atoms with Gasteiger partial charge in [-0.1, -0.05) is 12.1 Å². The van der Waals surface area contributed by atoms with Crippen LogP contribution in [0.5, 0.6) is 5.75 Å². The van der Waals surface area contributed by atoms with Crippen LogP contribution in [-0.2, 0) is 0 Å². The van der Waals surface area contributed by atoms with Gasteiger partial charge in [-0.2, -0.15) is 0 Å². The van der Waals surface area contributed by atoms with Crippen molar-refractivity contribution in [3.8, 4) is 17.1 Å². The molecule has 32 heavy (non-hydrogen) atoms. The highest BCUT2D eigenvalue weighted by molar-refractivity contribution is 9.10. The number of para-hydroxylation sites is 2.